The molecule has 0 fully saturated rings. The van der Waals surface area contributed by atoms with Gasteiger partial charge in [0.2, 0.25) is 5.91 Å². The predicted molar refractivity (Wildman–Crippen MR) is 114 cm³/mol. The minimum atomic E-state index is -4.86. The summed E-state index contributed by atoms with van der Waals surface area (Å²) in [4.78, 5) is 27.7. The van der Waals surface area contributed by atoms with Crippen LogP contribution in [0.5, 0.6) is 0 Å². The summed E-state index contributed by atoms with van der Waals surface area (Å²) in [6.45, 7) is 5.48. The molecular formula is C21H21ClF4N4O2. The maximum Gasteiger partial charge on any atom is 0.419 e. The average molecular weight is 473 g/mol. The molecule has 32 heavy (non-hydrogen) atoms. The number of rotatable bonds is 4. The highest BCUT2D eigenvalue weighted by atomic mass is 35.5. The number of hydrogen-bond acceptors (Lipinski definition) is 2. The SMILES string of the molecule is CC(C)(C)C(=O)NCc1ccc(Cl)c(/C(N)=N/C(=O)Nc2ccc(C(F)(F)F)c(F)c2)c1. The van der Waals surface area contributed by atoms with Crippen molar-refractivity contribution in [1.29, 1.82) is 0 Å². The zero-order valence-electron chi connectivity index (χ0n) is 17.4. The van der Waals surface area contributed by atoms with Crippen LogP contribution in [0.25, 0.3) is 0 Å². The standard InChI is InChI=1S/C21H21ClF4N4O2/c1-20(2,3)18(31)28-10-11-4-7-15(22)13(8-11)17(27)30-19(32)29-12-5-6-14(16(23)9-12)21(24,25)26/h4-9H,10H2,1-3H3,(H,28,31)(H3,27,29,30,32). The number of nitrogens with zero attached hydrogens (tertiary/aromatic N) is 1. The molecule has 0 aliphatic heterocycles. The second-order valence-corrected chi connectivity index (χ2v) is 8.27. The fraction of sp³-hybridized carbons (Fsp3) is 0.286. The van der Waals surface area contributed by atoms with Crippen LogP contribution in [0.4, 0.5) is 28.0 Å². The lowest BCUT2D eigenvalue weighted by atomic mass is 9.95. The van der Waals surface area contributed by atoms with Gasteiger partial charge in [-0.15, -0.1) is 0 Å². The third kappa shape index (κ3) is 6.68. The van der Waals surface area contributed by atoms with E-state index in [-0.39, 0.29) is 34.6 Å². The minimum Gasteiger partial charge on any atom is -0.383 e. The molecule has 3 amide bonds. The van der Waals surface area contributed by atoms with Gasteiger partial charge in [-0.05, 0) is 35.9 Å². The van der Waals surface area contributed by atoms with Crippen molar-refractivity contribution in [2.45, 2.75) is 33.5 Å². The highest BCUT2D eigenvalue weighted by molar-refractivity contribution is 6.34. The Morgan fingerprint density at radius 1 is 1.09 bits per heavy atom. The van der Waals surface area contributed by atoms with Gasteiger partial charge < -0.3 is 16.4 Å². The van der Waals surface area contributed by atoms with Gasteiger partial charge in [-0.25, -0.2) is 9.18 Å². The number of benzene rings is 2. The van der Waals surface area contributed by atoms with Crippen molar-refractivity contribution in [2.75, 3.05) is 5.32 Å². The van der Waals surface area contributed by atoms with Crippen molar-refractivity contribution in [2.24, 2.45) is 16.1 Å². The Morgan fingerprint density at radius 3 is 2.31 bits per heavy atom. The molecule has 0 aliphatic carbocycles. The Morgan fingerprint density at radius 2 is 1.75 bits per heavy atom. The summed E-state index contributed by atoms with van der Waals surface area (Å²) in [6.07, 6.45) is -4.86. The largest absolute Gasteiger partial charge is 0.419 e. The summed E-state index contributed by atoms with van der Waals surface area (Å²) < 4.78 is 51.5. The fourth-order valence-corrected chi connectivity index (χ4v) is 2.68. The Bertz CT molecular complexity index is 1060. The van der Waals surface area contributed by atoms with Gasteiger partial charge in [0, 0.05) is 23.2 Å². The second kappa shape index (κ2) is 9.56. The molecule has 6 nitrogen and oxygen atoms in total. The first-order valence-corrected chi connectivity index (χ1v) is 9.65. The zero-order valence-corrected chi connectivity index (χ0v) is 18.2. The van der Waals surface area contributed by atoms with Gasteiger partial charge in [-0.3, -0.25) is 4.79 Å². The number of aliphatic imine (C=N–C) groups is 1. The molecule has 0 unspecified atom stereocenters. The number of hydrogen-bond donors (Lipinski definition) is 3. The van der Waals surface area contributed by atoms with Crippen molar-refractivity contribution >= 4 is 35.1 Å². The van der Waals surface area contributed by atoms with Crippen molar-refractivity contribution in [3.05, 3.63) is 63.9 Å². The van der Waals surface area contributed by atoms with Gasteiger partial charge >= 0.3 is 12.2 Å². The third-order valence-corrected chi connectivity index (χ3v) is 4.52. The number of halogens is 5. The number of carbonyl (C=O) groups excluding carboxylic acids is 2. The number of alkyl halides is 3. The number of amidine groups is 1. The zero-order chi connectivity index (χ0) is 24.3. The maximum absolute atomic E-state index is 13.6. The van der Waals surface area contributed by atoms with Crippen LogP contribution in [-0.2, 0) is 17.5 Å². The summed E-state index contributed by atoms with van der Waals surface area (Å²) in [7, 11) is 0. The molecule has 2 rings (SSSR count). The molecule has 2 aromatic rings. The van der Waals surface area contributed by atoms with E-state index in [2.05, 4.69) is 15.6 Å². The Labute approximate surface area is 186 Å². The van der Waals surface area contributed by atoms with Crippen LogP contribution in [0.15, 0.2) is 41.4 Å². The predicted octanol–water partition coefficient (Wildman–Crippen LogP) is 5.10. The first-order chi connectivity index (χ1) is 14.7. The van der Waals surface area contributed by atoms with Crippen LogP contribution < -0.4 is 16.4 Å². The molecule has 0 saturated heterocycles. The molecule has 0 radical (unpaired) electrons. The van der Waals surface area contributed by atoms with Crippen molar-refractivity contribution in [3.63, 3.8) is 0 Å². The quantitative estimate of drug-likeness (QED) is 0.328. The summed E-state index contributed by atoms with van der Waals surface area (Å²) >= 11 is 6.11. The second-order valence-electron chi connectivity index (χ2n) is 7.87. The summed E-state index contributed by atoms with van der Waals surface area (Å²) in [5.41, 5.74) is 4.44. The van der Waals surface area contributed by atoms with E-state index in [1.54, 1.807) is 26.8 Å². The normalized spacial score (nSPS) is 12.4. The highest BCUT2D eigenvalue weighted by Gasteiger charge is 2.34. The fourth-order valence-electron chi connectivity index (χ4n) is 2.47. The molecule has 0 saturated carbocycles. The first-order valence-electron chi connectivity index (χ1n) is 9.27. The monoisotopic (exact) mass is 472 g/mol. The molecular weight excluding hydrogens is 452 g/mol. The number of nitrogens with two attached hydrogens (primary N) is 1. The van der Waals surface area contributed by atoms with Crippen LogP contribution in [0.1, 0.15) is 37.5 Å². The molecule has 0 atom stereocenters. The van der Waals surface area contributed by atoms with E-state index in [0.29, 0.717) is 17.7 Å². The number of amides is 3. The lowest BCUT2D eigenvalue weighted by Crippen LogP contribution is -2.34. The lowest BCUT2D eigenvalue weighted by Gasteiger charge is -2.18. The molecule has 0 heterocycles. The number of anilines is 1. The van der Waals surface area contributed by atoms with Gasteiger partial charge in [-0.2, -0.15) is 18.2 Å². The molecule has 11 heteroatoms. The van der Waals surface area contributed by atoms with Crippen molar-refractivity contribution < 1.29 is 27.2 Å². The van der Waals surface area contributed by atoms with E-state index < -0.39 is 29.0 Å². The van der Waals surface area contributed by atoms with Crippen LogP contribution in [0.2, 0.25) is 5.02 Å². The van der Waals surface area contributed by atoms with E-state index in [4.69, 9.17) is 17.3 Å². The number of nitrogens with one attached hydrogen (secondary N) is 2. The van der Waals surface area contributed by atoms with E-state index in [9.17, 15) is 27.2 Å². The van der Waals surface area contributed by atoms with E-state index in [1.165, 1.54) is 12.1 Å². The molecule has 4 N–H and O–H groups in total. The average Bonchev–Trinajstić information content (AvgIpc) is 2.65. The topological polar surface area (TPSA) is 96.6 Å². The molecule has 0 bridgehead atoms. The molecule has 0 aliphatic rings. The van der Waals surface area contributed by atoms with Crippen molar-refractivity contribution in [3.8, 4) is 0 Å². The van der Waals surface area contributed by atoms with Gasteiger partial charge in [0.05, 0.1) is 10.6 Å². The highest BCUT2D eigenvalue weighted by Crippen LogP contribution is 2.32. The van der Waals surface area contributed by atoms with Gasteiger partial charge in [-0.1, -0.05) is 38.4 Å². The van der Waals surface area contributed by atoms with Crippen molar-refractivity contribution in [1.82, 2.24) is 5.32 Å². The van der Waals surface area contributed by atoms with Crippen LogP contribution in [0, 0.1) is 11.2 Å². The smallest absolute Gasteiger partial charge is 0.383 e. The van der Waals surface area contributed by atoms with Gasteiger partial charge in [0.25, 0.3) is 0 Å². The van der Waals surface area contributed by atoms with Gasteiger partial charge in [0.15, 0.2) is 0 Å². The van der Waals surface area contributed by atoms with Gasteiger partial charge in [0.1, 0.15) is 11.7 Å². The molecule has 0 spiro atoms. The molecule has 172 valence electrons. The Balaban J connectivity index is 2.15. The molecule has 2 aromatic carbocycles. The summed E-state index contributed by atoms with van der Waals surface area (Å²) in [5, 5.41) is 5.09. The summed E-state index contributed by atoms with van der Waals surface area (Å²) in [6, 6.07) is 5.59. The van der Waals surface area contributed by atoms with Crippen LogP contribution in [-0.4, -0.2) is 17.8 Å². The first kappa shape index (κ1) is 25.1. The van der Waals surface area contributed by atoms with Crippen LogP contribution >= 0.6 is 11.6 Å². The Kier molecular flexibility index (Phi) is 7.50. The van der Waals surface area contributed by atoms with Crippen LogP contribution in [0.3, 0.4) is 0 Å². The summed E-state index contributed by atoms with van der Waals surface area (Å²) in [5.74, 6) is -1.98. The van der Waals surface area contributed by atoms with E-state index in [1.807, 2.05) is 0 Å². The Hall–Kier alpha value is -3.14. The number of carbonyl (C=O) groups is 2. The number of urea groups is 1. The third-order valence-electron chi connectivity index (χ3n) is 4.19. The molecule has 0 aromatic heterocycles. The maximum atomic E-state index is 13.6. The minimum absolute atomic E-state index is 0.168. The lowest BCUT2D eigenvalue weighted by molar-refractivity contribution is -0.140. The van der Waals surface area contributed by atoms with E-state index in [0.717, 1.165) is 6.07 Å². The van der Waals surface area contributed by atoms with E-state index >= 15 is 0 Å².